The van der Waals surface area contributed by atoms with Gasteiger partial charge in [0, 0.05) is 45.8 Å². The van der Waals surface area contributed by atoms with Crippen molar-refractivity contribution in [3.63, 3.8) is 0 Å². The maximum atomic E-state index is 13.5. The molecule has 4 rings (SSSR count). The van der Waals surface area contributed by atoms with E-state index >= 15 is 0 Å². The molecule has 1 aliphatic heterocycles. The molecule has 34 heavy (non-hydrogen) atoms. The van der Waals surface area contributed by atoms with E-state index in [2.05, 4.69) is 20.5 Å². The lowest BCUT2D eigenvalue weighted by Crippen LogP contribution is -2.50. The molecular formula is C23H29FN6O3S. The van der Waals surface area contributed by atoms with Gasteiger partial charge >= 0.3 is 6.03 Å². The Bertz CT molecular complexity index is 1220. The number of aromatic nitrogens is 2. The molecule has 0 bridgehead atoms. The third-order valence-corrected chi connectivity index (χ3v) is 7.30. The largest absolute Gasteiger partial charge is 0.337 e. The average molecular weight is 489 g/mol. The summed E-state index contributed by atoms with van der Waals surface area (Å²) in [6.45, 7) is 3.65. The summed E-state index contributed by atoms with van der Waals surface area (Å²) in [4.78, 5) is 19.2. The van der Waals surface area contributed by atoms with E-state index in [-0.39, 0.29) is 11.8 Å². The Morgan fingerprint density at radius 2 is 1.79 bits per heavy atom. The molecule has 182 valence electrons. The summed E-state index contributed by atoms with van der Waals surface area (Å²) in [7, 11) is -3.16. The van der Waals surface area contributed by atoms with Gasteiger partial charge in [-0.3, -0.25) is 4.90 Å². The van der Waals surface area contributed by atoms with Gasteiger partial charge in [0.15, 0.2) is 0 Å². The lowest BCUT2D eigenvalue weighted by Gasteiger charge is -2.33. The van der Waals surface area contributed by atoms with Gasteiger partial charge in [-0.25, -0.2) is 22.6 Å². The number of sulfonamides is 1. The van der Waals surface area contributed by atoms with E-state index in [0.717, 1.165) is 16.6 Å². The van der Waals surface area contributed by atoms with Gasteiger partial charge in [-0.15, -0.1) is 0 Å². The van der Waals surface area contributed by atoms with Crippen LogP contribution in [0, 0.1) is 5.82 Å². The van der Waals surface area contributed by atoms with Crippen molar-refractivity contribution in [1.29, 1.82) is 0 Å². The molecule has 1 atom stereocenters. The minimum absolute atomic E-state index is 0.325. The minimum Gasteiger partial charge on any atom is -0.337 e. The van der Waals surface area contributed by atoms with Crippen molar-refractivity contribution < 1.29 is 17.6 Å². The fourth-order valence-corrected chi connectivity index (χ4v) is 4.93. The Balaban J connectivity index is 1.35. The number of rotatable bonds is 8. The van der Waals surface area contributed by atoms with Crippen LogP contribution in [0.3, 0.4) is 0 Å². The second kappa shape index (κ2) is 10.5. The summed E-state index contributed by atoms with van der Waals surface area (Å²) < 4.78 is 40.2. The lowest BCUT2D eigenvalue weighted by molar-refractivity contribution is 0.188. The van der Waals surface area contributed by atoms with Crippen LogP contribution in [-0.4, -0.2) is 78.7 Å². The summed E-state index contributed by atoms with van der Waals surface area (Å²) in [5.41, 5.74) is 2.59. The van der Waals surface area contributed by atoms with E-state index in [0.29, 0.717) is 45.8 Å². The second-order valence-electron chi connectivity index (χ2n) is 8.39. The molecule has 1 aromatic heterocycles. The van der Waals surface area contributed by atoms with Crippen LogP contribution in [0.15, 0.2) is 54.9 Å². The van der Waals surface area contributed by atoms with E-state index in [1.54, 1.807) is 18.5 Å². The summed E-state index contributed by atoms with van der Waals surface area (Å²) >= 11 is 0. The number of urea groups is 1. The topological polar surface area (TPSA) is 99.6 Å². The summed E-state index contributed by atoms with van der Waals surface area (Å²) in [5, 5.41) is 5.87. The van der Waals surface area contributed by atoms with Crippen LogP contribution < -0.4 is 10.6 Å². The zero-order valence-electron chi connectivity index (χ0n) is 19.0. The van der Waals surface area contributed by atoms with Crippen molar-refractivity contribution in [3.05, 3.63) is 66.2 Å². The van der Waals surface area contributed by atoms with E-state index in [4.69, 9.17) is 0 Å². The smallest absolute Gasteiger partial charge is 0.315 e. The number of hydrogen-bond acceptors (Lipinski definition) is 5. The van der Waals surface area contributed by atoms with Crippen LogP contribution in [0.4, 0.5) is 9.18 Å². The maximum Gasteiger partial charge on any atom is 0.315 e. The van der Waals surface area contributed by atoms with Gasteiger partial charge in [-0.05, 0) is 29.8 Å². The maximum absolute atomic E-state index is 13.5. The first-order chi connectivity index (χ1) is 16.3. The van der Waals surface area contributed by atoms with Gasteiger partial charge in [-0.2, -0.15) is 4.31 Å². The van der Waals surface area contributed by atoms with Crippen molar-refractivity contribution in [3.8, 4) is 0 Å². The number of halogens is 1. The van der Waals surface area contributed by atoms with Gasteiger partial charge < -0.3 is 15.2 Å². The zero-order valence-corrected chi connectivity index (χ0v) is 19.8. The number of para-hydroxylation sites is 2. The van der Waals surface area contributed by atoms with E-state index in [9.17, 15) is 17.6 Å². The monoisotopic (exact) mass is 488 g/mol. The molecule has 2 amide bonds. The highest BCUT2D eigenvalue weighted by Crippen LogP contribution is 2.20. The Labute approximate surface area is 198 Å². The molecule has 9 nitrogen and oxygen atoms in total. The highest BCUT2D eigenvalue weighted by Gasteiger charge is 2.23. The average Bonchev–Trinajstić information content (AvgIpc) is 3.22. The van der Waals surface area contributed by atoms with Crippen LogP contribution in [-0.2, 0) is 16.6 Å². The Morgan fingerprint density at radius 1 is 1.09 bits per heavy atom. The zero-order chi connectivity index (χ0) is 24.1. The normalized spacial score (nSPS) is 16.4. The number of fused-ring (bicyclic) bond motifs is 1. The molecule has 0 saturated carbocycles. The van der Waals surface area contributed by atoms with Gasteiger partial charge in [0.25, 0.3) is 0 Å². The van der Waals surface area contributed by atoms with Crippen molar-refractivity contribution in [1.82, 2.24) is 29.4 Å². The molecule has 1 saturated heterocycles. The van der Waals surface area contributed by atoms with Crippen molar-refractivity contribution in [2.45, 2.75) is 12.6 Å². The number of piperazine rings is 1. The first kappa shape index (κ1) is 24.1. The van der Waals surface area contributed by atoms with Crippen LogP contribution in [0.1, 0.15) is 11.6 Å². The van der Waals surface area contributed by atoms with E-state index in [1.807, 2.05) is 28.8 Å². The Kier molecular flexibility index (Phi) is 7.44. The molecule has 1 fully saturated rings. The Hall–Kier alpha value is -3.02. The summed E-state index contributed by atoms with van der Waals surface area (Å²) in [5.74, 6) is -0.337. The number of amides is 2. The number of imidazole rings is 1. The molecule has 0 radical (unpaired) electrons. The van der Waals surface area contributed by atoms with E-state index in [1.165, 1.54) is 22.7 Å². The molecule has 3 aromatic rings. The fraction of sp³-hybridized carbons (Fsp3) is 0.391. The van der Waals surface area contributed by atoms with Crippen LogP contribution in [0.25, 0.3) is 11.0 Å². The molecule has 1 aliphatic rings. The molecule has 2 aromatic carbocycles. The number of hydrogen-bond donors (Lipinski definition) is 2. The predicted octanol–water partition coefficient (Wildman–Crippen LogP) is 1.79. The van der Waals surface area contributed by atoms with Gasteiger partial charge in [-0.1, -0.05) is 24.3 Å². The summed E-state index contributed by atoms with van der Waals surface area (Å²) in [6, 6.07) is 13.1. The number of carbonyl (C=O) groups excluding carboxylic acids is 1. The molecular weight excluding hydrogens is 459 g/mol. The third kappa shape index (κ3) is 6.10. The fourth-order valence-electron chi connectivity index (χ4n) is 4.10. The van der Waals surface area contributed by atoms with Crippen LogP contribution in [0.5, 0.6) is 0 Å². The number of benzene rings is 2. The molecule has 11 heteroatoms. The minimum atomic E-state index is -3.16. The predicted molar refractivity (Wildman–Crippen MR) is 128 cm³/mol. The van der Waals surface area contributed by atoms with Crippen molar-refractivity contribution in [2.75, 3.05) is 45.5 Å². The number of nitrogens with one attached hydrogen (secondary N) is 2. The summed E-state index contributed by atoms with van der Waals surface area (Å²) in [6.07, 6.45) is 2.95. The van der Waals surface area contributed by atoms with Crippen molar-refractivity contribution in [2.24, 2.45) is 0 Å². The quantitative estimate of drug-likeness (QED) is 0.504. The highest BCUT2D eigenvalue weighted by molar-refractivity contribution is 7.88. The van der Waals surface area contributed by atoms with Gasteiger partial charge in [0.1, 0.15) is 5.82 Å². The first-order valence-corrected chi connectivity index (χ1v) is 13.0. The number of nitrogens with zero attached hydrogens (tertiary/aromatic N) is 4. The van der Waals surface area contributed by atoms with E-state index < -0.39 is 16.1 Å². The third-order valence-electron chi connectivity index (χ3n) is 6.00. The van der Waals surface area contributed by atoms with Gasteiger partial charge in [0.2, 0.25) is 10.0 Å². The standard InChI is InChI=1S/C23H29FN6O3S/c1-34(32,33)30-14-12-28(13-15-30)11-10-25-23(31)27-21(18-6-8-19(24)9-7-18)16-29-17-26-20-4-2-3-5-22(20)29/h2-9,17,21H,10-16H2,1H3,(H2,25,27,31). The lowest BCUT2D eigenvalue weighted by atomic mass is 10.1. The second-order valence-corrected chi connectivity index (χ2v) is 10.4. The molecule has 1 unspecified atom stereocenters. The van der Waals surface area contributed by atoms with Crippen LogP contribution in [0.2, 0.25) is 0 Å². The van der Waals surface area contributed by atoms with Crippen molar-refractivity contribution >= 4 is 27.1 Å². The molecule has 2 N–H and O–H groups in total. The molecule has 2 heterocycles. The molecule has 0 spiro atoms. The van der Waals surface area contributed by atoms with Gasteiger partial charge in [0.05, 0.1) is 29.7 Å². The molecule has 0 aliphatic carbocycles. The first-order valence-electron chi connectivity index (χ1n) is 11.2. The Morgan fingerprint density at radius 3 is 2.50 bits per heavy atom. The van der Waals surface area contributed by atoms with Crippen LogP contribution >= 0.6 is 0 Å². The highest BCUT2D eigenvalue weighted by atomic mass is 32.2. The SMILES string of the molecule is CS(=O)(=O)N1CCN(CCNC(=O)NC(Cn2cnc3ccccc32)c2ccc(F)cc2)CC1. The number of carbonyl (C=O) groups is 1.